The summed E-state index contributed by atoms with van der Waals surface area (Å²) >= 11 is 0. The van der Waals surface area contributed by atoms with Gasteiger partial charge in [0.05, 0.1) is 24.0 Å². The minimum atomic E-state index is -1.01. The average molecular weight is 491 g/mol. The molecule has 2 atom stereocenters. The number of para-hydroxylation sites is 1. The number of aliphatic hydroxyl groups is 1. The Kier molecular flexibility index (Phi) is 4.97. The normalized spacial score (nSPS) is 19.4. The van der Waals surface area contributed by atoms with Crippen LogP contribution in [0.4, 0.5) is 19.4 Å². The first-order chi connectivity index (χ1) is 17.3. The van der Waals surface area contributed by atoms with Crippen molar-refractivity contribution in [1.82, 2.24) is 24.9 Å². The Morgan fingerprint density at radius 1 is 1.17 bits per heavy atom. The van der Waals surface area contributed by atoms with E-state index in [2.05, 4.69) is 15.7 Å². The van der Waals surface area contributed by atoms with Crippen LogP contribution in [0.5, 0.6) is 0 Å². The van der Waals surface area contributed by atoms with E-state index in [-0.39, 0.29) is 0 Å². The first-order valence-electron chi connectivity index (χ1n) is 11.7. The highest BCUT2D eigenvalue weighted by atomic mass is 19.2. The number of nitrogens with one attached hydrogen (secondary N) is 2. The molecular weight excluding hydrogens is 466 g/mol. The first kappa shape index (κ1) is 22.4. The summed E-state index contributed by atoms with van der Waals surface area (Å²) in [5, 5.41) is 25.6. The third-order valence-electron chi connectivity index (χ3n) is 7.25. The number of fused-ring (bicyclic) bond motifs is 2. The fraction of sp³-hybridized carbons (Fsp3) is 0.269. The predicted octanol–water partition coefficient (Wildman–Crippen LogP) is 4.13. The molecule has 8 nitrogen and oxygen atoms in total. The number of hydrogen-bond acceptors (Lipinski definition) is 4. The molecule has 1 saturated carbocycles. The monoisotopic (exact) mass is 490 g/mol. The largest absolute Gasteiger partial charge is 0.390 e. The highest BCUT2D eigenvalue weighted by molar-refractivity contribution is 5.91. The summed E-state index contributed by atoms with van der Waals surface area (Å²) in [5.41, 5.74) is 3.23. The summed E-state index contributed by atoms with van der Waals surface area (Å²) < 4.78 is 31.4. The predicted molar refractivity (Wildman–Crippen MR) is 129 cm³/mol. The van der Waals surface area contributed by atoms with Crippen molar-refractivity contribution in [2.45, 2.75) is 37.3 Å². The Morgan fingerprint density at radius 2 is 1.89 bits per heavy atom. The molecule has 2 aliphatic carbocycles. The van der Waals surface area contributed by atoms with E-state index < -0.39 is 35.2 Å². The molecule has 10 heteroatoms. The van der Waals surface area contributed by atoms with Gasteiger partial charge >= 0.3 is 6.03 Å². The number of aliphatic hydroxyl groups excluding tert-OH is 1. The topological polar surface area (TPSA) is 97.0 Å². The number of hydrogen-bond donors (Lipinski definition) is 3. The minimum Gasteiger partial charge on any atom is -0.390 e. The Labute approximate surface area is 205 Å². The van der Waals surface area contributed by atoms with Gasteiger partial charge < -0.3 is 10.4 Å². The maximum Gasteiger partial charge on any atom is 0.320 e. The van der Waals surface area contributed by atoms with Gasteiger partial charge in [-0.2, -0.15) is 10.2 Å². The Balaban J connectivity index is 1.34. The Bertz CT molecular complexity index is 1490. The number of urea groups is 1. The van der Waals surface area contributed by atoms with Crippen LogP contribution in [-0.2, 0) is 12.5 Å². The summed E-state index contributed by atoms with van der Waals surface area (Å²) in [7, 11) is 1.81. The SMILES string of the molecule is Cc1c(-c2cnn(C)c2)nn(-c2ccccc2)c1NC(=O)NC1c2cc(F)c(F)cc2C2(CC2)[C@H]1O. The van der Waals surface area contributed by atoms with Gasteiger partial charge in [-0.05, 0) is 55.2 Å². The van der Waals surface area contributed by atoms with Crippen LogP contribution in [0.2, 0.25) is 0 Å². The van der Waals surface area contributed by atoms with Gasteiger partial charge in [0, 0.05) is 29.8 Å². The van der Waals surface area contributed by atoms with Gasteiger partial charge in [0.15, 0.2) is 11.6 Å². The number of amides is 2. The van der Waals surface area contributed by atoms with E-state index in [9.17, 15) is 18.7 Å². The molecule has 184 valence electrons. The molecule has 2 aromatic heterocycles. The maximum atomic E-state index is 14.1. The van der Waals surface area contributed by atoms with Gasteiger partial charge in [-0.25, -0.2) is 18.3 Å². The second-order valence-corrected chi connectivity index (χ2v) is 9.50. The van der Waals surface area contributed by atoms with Crippen molar-refractivity contribution in [1.29, 1.82) is 0 Å². The number of rotatable bonds is 4. The zero-order valence-corrected chi connectivity index (χ0v) is 19.7. The van der Waals surface area contributed by atoms with Crippen LogP contribution in [0.3, 0.4) is 0 Å². The van der Waals surface area contributed by atoms with Crippen LogP contribution >= 0.6 is 0 Å². The molecule has 0 radical (unpaired) electrons. The highest BCUT2D eigenvalue weighted by Crippen LogP contribution is 2.60. The second-order valence-electron chi connectivity index (χ2n) is 9.50. The highest BCUT2D eigenvalue weighted by Gasteiger charge is 2.59. The van der Waals surface area contributed by atoms with Crippen LogP contribution in [0, 0.1) is 18.6 Å². The van der Waals surface area contributed by atoms with Crippen molar-refractivity contribution in [3.8, 4) is 16.9 Å². The zero-order valence-electron chi connectivity index (χ0n) is 19.7. The smallest absolute Gasteiger partial charge is 0.320 e. The number of aryl methyl sites for hydroxylation is 1. The van der Waals surface area contributed by atoms with Crippen LogP contribution < -0.4 is 10.6 Å². The fourth-order valence-electron chi connectivity index (χ4n) is 5.26. The molecule has 2 aromatic carbocycles. The maximum absolute atomic E-state index is 14.1. The molecule has 1 fully saturated rings. The van der Waals surface area contributed by atoms with E-state index in [0.717, 1.165) is 28.9 Å². The standard InChI is InChI=1S/C26H24F2N6O2/c1-14-21(15-12-29-33(2)13-15)32-34(16-6-4-3-5-7-16)24(14)31-25(36)30-22-17-10-19(27)20(28)11-18(17)26(8-9-26)23(22)35/h3-7,10-13,22-23,35H,8-9H2,1-2H3,(H2,30,31,36)/t22?,23-/m0/s1. The quantitative estimate of drug-likeness (QED) is 0.401. The van der Waals surface area contributed by atoms with E-state index in [4.69, 9.17) is 5.10 Å². The van der Waals surface area contributed by atoms with Gasteiger partial charge in [0.2, 0.25) is 0 Å². The lowest BCUT2D eigenvalue weighted by Crippen LogP contribution is -2.39. The van der Waals surface area contributed by atoms with E-state index in [1.165, 1.54) is 0 Å². The number of carbonyl (C=O) groups is 1. The summed E-state index contributed by atoms with van der Waals surface area (Å²) in [4.78, 5) is 13.2. The van der Waals surface area contributed by atoms with Crippen LogP contribution in [-0.4, -0.2) is 36.8 Å². The van der Waals surface area contributed by atoms with Crippen molar-refractivity contribution < 1.29 is 18.7 Å². The summed E-state index contributed by atoms with van der Waals surface area (Å²) in [6, 6.07) is 10.1. The average Bonchev–Trinajstić information content (AvgIpc) is 3.41. The Hall–Kier alpha value is -4.05. The van der Waals surface area contributed by atoms with Crippen molar-refractivity contribution in [2.24, 2.45) is 7.05 Å². The molecule has 1 unspecified atom stereocenters. The van der Waals surface area contributed by atoms with E-state index in [1.54, 1.807) is 15.6 Å². The van der Waals surface area contributed by atoms with E-state index in [1.807, 2.05) is 50.5 Å². The van der Waals surface area contributed by atoms with Crippen LogP contribution in [0.25, 0.3) is 16.9 Å². The lowest BCUT2D eigenvalue weighted by Gasteiger charge is -2.21. The second kappa shape index (κ2) is 7.99. The van der Waals surface area contributed by atoms with E-state index >= 15 is 0 Å². The van der Waals surface area contributed by atoms with Crippen molar-refractivity contribution in [3.63, 3.8) is 0 Å². The number of carbonyl (C=O) groups excluding carboxylic acids is 1. The summed E-state index contributed by atoms with van der Waals surface area (Å²) in [5.74, 6) is -1.52. The molecule has 1 spiro atoms. The third kappa shape index (κ3) is 3.40. The summed E-state index contributed by atoms with van der Waals surface area (Å²) in [6.45, 7) is 1.85. The lowest BCUT2D eigenvalue weighted by atomic mass is 9.96. The first-order valence-corrected chi connectivity index (χ1v) is 11.7. The number of aromatic nitrogens is 4. The molecule has 2 amide bonds. The number of anilines is 1. The van der Waals surface area contributed by atoms with Gasteiger partial charge in [0.1, 0.15) is 11.5 Å². The van der Waals surface area contributed by atoms with Gasteiger partial charge in [-0.3, -0.25) is 10.00 Å². The summed E-state index contributed by atoms with van der Waals surface area (Å²) in [6.07, 6.45) is 3.86. The third-order valence-corrected chi connectivity index (χ3v) is 7.25. The molecule has 3 N–H and O–H groups in total. The molecule has 0 bridgehead atoms. The zero-order chi connectivity index (χ0) is 25.2. The molecule has 6 rings (SSSR count). The van der Waals surface area contributed by atoms with Crippen LogP contribution in [0.15, 0.2) is 54.9 Å². The minimum absolute atomic E-state index is 0.401. The molecule has 0 aliphatic heterocycles. The van der Waals surface area contributed by atoms with Crippen molar-refractivity contribution in [2.75, 3.05) is 5.32 Å². The van der Waals surface area contributed by atoms with Gasteiger partial charge in [-0.15, -0.1) is 0 Å². The van der Waals surface area contributed by atoms with Crippen molar-refractivity contribution >= 4 is 11.8 Å². The Morgan fingerprint density at radius 3 is 2.56 bits per heavy atom. The van der Waals surface area contributed by atoms with E-state index in [0.29, 0.717) is 35.5 Å². The molecule has 2 aliphatic rings. The van der Waals surface area contributed by atoms with Crippen molar-refractivity contribution in [3.05, 3.63) is 83.2 Å². The molecule has 0 saturated heterocycles. The molecular formula is C26H24F2N6O2. The number of nitrogens with zero attached hydrogens (tertiary/aromatic N) is 4. The molecule has 36 heavy (non-hydrogen) atoms. The van der Waals surface area contributed by atoms with Crippen LogP contribution in [0.1, 0.15) is 35.6 Å². The van der Waals surface area contributed by atoms with Gasteiger partial charge in [-0.1, -0.05) is 18.2 Å². The van der Waals surface area contributed by atoms with Gasteiger partial charge in [0.25, 0.3) is 0 Å². The lowest BCUT2D eigenvalue weighted by molar-refractivity contribution is 0.109. The molecule has 2 heterocycles. The molecule has 4 aromatic rings. The fourth-order valence-corrected chi connectivity index (χ4v) is 5.26. The number of benzene rings is 2. The number of halogens is 2.